The van der Waals surface area contributed by atoms with Crippen molar-refractivity contribution < 1.29 is 14.3 Å². The molecule has 136 valence electrons. The first kappa shape index (κ1) is 18.1. The van der Waals surface area contributed by atoms with Gasteiger partial charge in [-0.1, -0.05) is 0 Å². The van der Waals surface area contributed by atoms with Crippen molar-refractivity contribution in [2.24, 2.45) is 5.41 Å². The molecule has 3 rings (SSSR count). The van der Waals surface area contributed by atoms with Crippen LogP contribution in [0, 0.1) is 5.41 Å². The van der Waals surface area contributed by atoms with E-state index < -0.39 is 0 Å². The number of nitrogens with one attached hydrogen (secondary N) is 2. The first-order chi connectivity index (χ1) is 11.9. The second kappa shape index (κ2) is 7.29. The van der Waals surface area contributed by atoms with Gasteiger partial charge in [0.2, 0.25) is 0 Å². The summed E-state index contributed by atoms with van der Waals surface area (Å²) < 4.78 is 6.27. The highest BCUT2D eigenvalue weighted by Crippen LogP contribution is 2.41. The Morgan fingerprint density at radius 3 is 2.88 bits per heavy atom. The maximum atomic E-state index is 12.6. The third-order valence-corrected chi connectivity index (χ3v) is 5.31. The van der Waals surface area contributed by atoms with Crippen molar-refractivity contribution in [3.8, 4) is 0 Å². The second-order valence-electron chi connectivity index (χ2n) is 6.89. The molecule has 2 saturated heterocycles. The minimum atomic E-state index is -0.368. The summed E-state index contributed by atoms with van der Waals surface area (Å²) in [4.78, 5) is 30.9. The van der Waals surface area contributed by atoms with Crippen LogP contribution in [-0.4, -0.2) is 56.7 Å². The Kier molecular flexibility index (Phi) is 5.29. The number of aromatic nitrogens is 1. The fourth-order valence-corrected chi connectivity index (χ4v) is 3.85. The molecule has 7 nitrogen and oxygen atoms in total. The van der Waals surface area contributed by atoms with E-state index >= 15 is 0 Å². The van der Waals surface area contributed by atoms with Crippen LogP contribution in [-0.2, 0) is 9.53 Å². The fraction of sp³-hybridized carbons (Fsp3) is 0.588. The van der Waals surface area contributed by atoms with Crippen molar-refractivity contribution in [2.75, 3.05) is 38.6 Å². The monoisotopic (exact) mass is 410 g/mol. The van der Waals surface area contributed by atoms with E-state index in [9.17, 15) is 9.59 Å². The lowest BCUT2D eigenvalue weighted by molar-refractivity contribution is -0.149. The molecule has 1 unspecified atom stereocenters. The van der Waals surface area contributed by atoms with Gasteiger partial charge in [-0.05, 0) is 47.9 Å². The first-order valence-electron chi connectivity index (χ1n) is 8.44. The van der Waals surface area contributed by atoms with Crippen molar-refractivity contribution in [1.82, 2.24) is 15.6 Å². The van der Waals surface area contributed by atoms with Gasteiger partial charge >= 0.3 is 5.97 Å². The number of cyclic esters (lactones) is 1. The fourth-order valence-electron chi connectivity index (χ4n) is 3.52. The number of piperidine rings is 1. The number of nitrogens with zero attached hydrogens (tertiary/aromatic N) is 2. The topological polar surface area (TPSA) is 83.6 Å². The molecule has 3 heterocycles. The number of rotatable bonds is 4. The van der Waals surface area contributed by atoms with Gasteiger partial charge in [-0.25, -0.2) is 4.98 Å². The molecular weight excluding hydrogens is 388 g/mol. The van der Waals surface area contributed by atoms with E-state index in [1.54, 1.807) is 17.2 Å². The van der Waals surface area contributed by atoms with Gasteiger partial charge < -0.3 is 20.3 Å². The molecule has 2 fully saturated rings. The van der Waals surface area contributed by atoms with Crippen LogP contribution in [0.1, 0.15) is 29.6 Å². The smallest absolute Gasteiger partial charge is 0.312 e. The molecule has 1 atom stereocenters. The normalized spacial score (nSPS) is 21.9. The van der Waals surface area contributed by atoms with Crippen LogP contribution in [0.2, 0.25) is 0 Å². The van der Waals surface area contributed by atoms with Crippen LogP contribution < -0.4 is 15.5 Å². The van der Waals surface area contributed by atoms with E-state index in [1.165, 1.54) is 0 Å². The van der Waals surface area contributed by atoms with Gasteiger partial charge in [-0.15, -0.1) is 0 Å². The van der Waals surface area contributed by atoms with E-state index in [-0.39, 0.29) is 23.4 Å². The van der Waals surface area contributed by atoms with Crippen LogP contribution in [0.5, 0.6) is 0 Å². The van der Waals surface area contributed by atoms with Gasteiger partial charge in [-0.2, -0.15) is 0 Å². The van der Waals surface area contributed by atoms with E-state index in [0.717, 1.165) is 30.4 Å². The molecule has 0 bridgehead atoms. The second-order valence-corrected chi connectivity index (χ2v) is 7.81. The highest BCUT2D eigenvalue weighted by Gasteiger charge is 2.49. The molecule has 8 heteroatoms. The Bertz CT molecular complexity index is 674. The van der Waals surface area contributed by atoms with Gasteiger partial charge in [0.1, 0.15) is 11.9 Å². The largest absolute Gasteiger partial charge is 0.460 e. The lowest BCUT2D eigenvalue weighted by Gasteiger charge is -2.29. The van der Waals surface area contributed by atoms with Crippen LogP contribution in [0.15, 0.2) is 16.7 Å². The number of anilines is 1. The van der Waals surface area contributed by atoms with Crippen LogP contribution in [0.25, 0.3) is 0 Å². The Morgan fingerprint density at radius 1 is 1.48 bits per heavy atom. The Labute approximate surface area is 155 Å². The van der Waals surface area contributed by atoms with Crippen molar-refractivity contribution in [1.29, 1.82) is 0 Å². The number of carbonyl (C=O) groups excluding carboxylic acids is 2. The minimum Gasteiger partial charge on any atom is -0.460 e. The number of ether oxygens (including phenoxy) is 1. The molecule has 2 aliphatic heterocycles. The molecule has 0 aromatic carbocycles. The van der Waals surface area contributed by atoms with Crippen LogP contribution in [0.3, 0.4) is 0 Å². The molecular formula is C17H23BrN4O3. The first-order valence-corrected chi connectivity index (χ1v) is 9.23. The Hall–Kier alpha value is -1.67. The Balaban J connectivity index is 1.64. The zero-order chi connectivity index (χ0) is 18.0. The van der Waals surface area contributed by atoms with Crippen molar-refractivity contribution in [2.45, 2.75) is 25.4 Å². The highest BCUT2D eigenvalue weighted by atomic mass is 79.9. The number of halogens is 1. The highest BCUT2D eigenvalue weighted by molar-refractivity contribution is 9.10. The maximum absolute atomic E-state index is 12.6. The summed E-state index contributed by atoms with van der Waals surface area (Å²) >= 11 is 3.35. The molecule has 2 aliphatic rings. The molecule has 1 aromatic heterocycles. The summed E-state index contributed by atoms with van der Waals surface area (Å²) in [5.41, 5.74) is 0.118. The molecule has 1 amide bonds. The van der Waals surface area contributed by atoms with E-state index in [1.807, 2.05) is 14.1 Å². The number of hydrogen-bond donors (Lipinski definition) is 2. The molecule has 1 spiro atoms. The van der Waals surface area contributed by atoms with Crippen molar-refractivity contribution >= 4 is 33.6 Å². The van der Waals surface area contributed by atoms with Gasteiger partial charge in [0.15, 0.2) is 0 Å². The molecule has 25 heavy (non-hydrogen) atoms. The van der Waals surface area contributed by atoms with Gasteiger partial charge in [0.25, 0.3) is 5.91 Å². The summed E-state index contributed by atoms with van der Waals surface area (Å²) in [5, 5.41) is 6.16. The molecule has 0 radical (unpaired) electrons. The van der Waals surface area contributed by atoms with Crippen LogP contribution >= 0.6 is 15.9 Å². The SMILES string of the molecule is CN(C)c1ncc(Br)cc1C(=O)NCC1CC2(CCNCC2)C(=O)O1. The summed E-state index contributed by atoms with van der Waals surface area (Å²) in [5.74, 6) is 0.255. The molecule has 0 aliphatic carbocycles. The maximum Gasteiger partial charge on any atom is 0.312 e. The van der Waals surface area contributed by atoms with Gasteiger partial charge in [-0.3, -0.25) is 9.59 Å². The number of amides is 1. The summed E-state index contributed by atoms with van der Waals surface area (Å²) in [6, 6.07) is 1.74. The van der Waals surface area contributed by atoms with Gasteiger partial charge in [0.05, 0.1) is 17.5 Å². The van der Waals surface area contributed by atoms with E-state index in [0.29, 0.717) is 24.3 Å². The average Bonchev–Trinajstić information content (AvgIpc) is 2.88. The summed E-state index contributed by atoms with van der Waals surface area (Å²) in [6.07, 6.45) is 3.67. The number of carbonyl (C=O) groups is 2. The van der Waals surface area contributed by atoms with E-state index in [2.05, 4.69) is 31.5 Å². The van der Waals surface area contributed by atoms with Gasteiger partial charge in [0, 0.05) is 31.2 Å². The zero-order valence-electron chi connectivity index (χ0n) is 14.5. The Morgan fingerprint density at radius 2 is 2.20 bits per heavy atom. The van der Waals surface area contributed by atoms with Crippen molar-refractivity contribution in [3.05, 3.63) is 22.3 Å². The number of esters is 1. The lowest BCUT2D eigenvalue weighted by atomic mass is 9.76. The summed E-state index contributed by atoms with van der Waals surface area (Å²) in [6.45, 7) is 1.99. The third kappa shape index (κ3) is 3.79. The van der Waals surface area contributed by atoms with Crippen LogP contribution in [0.4, 0.5) is 5.82 Å². The predicted molar refractivity (Wildman–Crippen MR) is 97.6 cm³/mol. The molecule has 0 saturated carbocycles. The number of hydrogen-bond acceptors (Lipinski definition) is 6. The zero-order valence-corrected chi connectivity index (χ0v) is 16.1. The predicted octanol–water partition coefficient (Wildman–Crippen LogP) is 1.33. The molecule has 1 aromatic rings. The van der Waals surface area contributed by atoms with E-state index in [4.69, 9.17) is 4.74 Å². The number of pyridine rings is 1. The van der Waals surface area contributed by atoms with Crippen molar-refractivity contribution in [3.63, 3.8) is 0 Å². The standard InChI is InChI=1S/C17H23BrN4O3/c1-22(2)14-13(7-11(18)9-20-14)15(23)21-10-12-8-17(16(24)25-12)3-5-19-6-4-17/h7,9,12,19H,3-6,8,10H2,1-2H3,(H,21,23). The summed E-state index contributed by atoms with van der Waals surface area (Å²) in [7, 11) is 3.68. The average molecular weight is 411 g/mol. The lowest BCUT2D eigenvalue weighted by Crippen LogP contribution is -2.39. The third-order valence-electron chi connectivity index (χ3n) is 4.88. The minimum absolute atomic E-state index is 0.119. The quantitative estimate of drug-likeness (QED) is 0.728. The molecule has 2 N–H and O–H groups in total.